The van der Waals surface area contributed by atoms with Crippen LogP contribution in [0.4, 0.5) is 0 Å². The summed E-state index contributed by atoms with van der Waals surface area (Å²) in [7, 11) is 1.42. The summed E-state index contributed by atoms with van der Waals surface area (Å²) >= 11 is 0. The van der Waals surface area contributed by atoms with Crippen molar-refractivity contribution in [3.05, 3.63) is 48.0 Å². The fraction of sp³-hybridized carbons (Fsp3) is 0.214. The average Bonchev–Trinajstić information content (AvgIpc) is 2.35. The zero-order valence-corrected chi connectivity index (χ0v) is 9.27. The highest BCUT2D eigenvalue weighted by atomic mass is 16.5. The van der Waals surface area contributed by atoms with E-state index < -0.39 is 0 Å². The molecule has 16 heavy (non-hydrogen) atoms. The van der Waals surface area contributed by atoms with Crippen LogP contribution < -0.4 is 0 Å². The number of methoxy groups -OCH3 is 1. The van der Waals surface area contributed by atoms with Gasteiger partial charge in [0.15, 0.2) is 0 Å². The maximum absolute atomic E-state index is 11.1. The molecule has 0 bridgehead atoms. The summed E-state index contributed by atoms with van der Waals surface area (Å²) < 4.78 is 4.65. The standard InChI is InChI=1S/C14H14O2/c1-16-14(15)10-9-12-7-4-6-11-5-2-3-8-13(11)12/h2-8H,9-10H2,1H3. The molecule has 2 heteroatoms. The Hall–Kier alpha value is -1.83. The number of hydrogen-bond donors (Lipinski definition) is 0. The quantitative estimate of drug-likeness (QED) is 0.734. The number of rotatable bonds is 3. The van der Waals surface area contributed by atoms with E-state index in [1.807, 2.05) is 18.2 Å². The molecule has 0 spiro atoms. The summed E-state index contributed by atoms with van der Waals surface area (Å²) in [5, 5.41) is 2.43. The van der Waals surface area contributed by atoms with Gasteiger partial charge < -0.3 is 4.74 Å². The lowest BCUT2D eigenvalue weighted by Crippen LogP contribution is -2.02. The second-order valence-electron chi connectivity index (χ2n) is 3.71. The summed E-state index contributed by atoms with van der Waals surface area (Å²) in [5.74, 6) is -0.159. The van der Waals surface area contributed by atoms with Crippen molar-refractivity contribution < 1.29 is 9.53 Å². The van der Waals surface area contributed by atoms with Gasteiger partial charge >= 0.3 is 5.97 Å². The maximum Gasteiger partial charge on any atom is 0.305 e. The Kier molecular flexibility index (Phi) is 3.20. The van der Waals surface area contributed by atoms with Gasteiger partial charge in [0.05, 0.1) is 7.11 Å². The van der Waals surface area contributed by atoms with E-state index in [2.05, 4.69) is 29.0 Å². The van der Waals surface area contributed by atoms with Crippen molar-refractivity contribution in [2.75, 3.05) is 7.11 Å². The van der Waals surface area contributed by atoms with E-state index in [4.69, 9.17) is 0 Å². The molecule has 0 heterocycles. The number of fused-ring (bicyclic) bond motifs is 1. The summed E-state index contributed by atoms with van der Waals surface area (Å²) in [5.41, 5.74) is 1.20. The average molecular weight is 214 g/mol. The lowest BCUT2D eigenvalue weighted by atomic mass is 10.0. The van der Waals surface area contributed by atoms with E-state index in [0.717, 1.165) is 6.42 Å². The second kappa shape index (κ2) is 4.79. The lowest BCUT2D eigenvalue weighted by Gasteiger charge is -2.05. The first-order valence-electron chi connectivity index (χ1n) is 5.34. The molecule has 0 radical (unpaired) electrons. The molecular weight excluding hydrogens is 200 g/mol. The highest BCUT2D eigenvalue weighted by Crippen LogP contribution is 2.19. The van der Waals surface area contributed by atoms with Crippen LogP contribution in [0.2, 0.25) is 0 Å². The molecule has 0 atom stereocenters. The van der Waals surface area contributed by atoms with Gasteiger partial charge in [-0.25, -0.2) is 0 Å². The number of hydrogen-bond acceptors (Lipinski definition) is 2. The molecule has 2 aromatic rings. The molecule has 0 saturated heterocycles. The minimum absolute atomic E-state index is 0.159. The number of aryl methyl sites for hydroxylation is 1. The van der Waals surface area contributed by atoms with E-state index in [1.165, 1.54) is 23.4 Å². The Morgan fingerprint density at radius 2 is 1.88 bits per heavy atom. The van der Waals surface area contributed by atoms with Gasteiger partial charge in [-0.2, -0.15) is 0 Å². The van der Waals surface area contributed by atoms with Gasteiger partial charge in [0.2, 0.25) is 0 Å². The van der Waals surface area contributed by atoms with Crippen LogP contribution in [0.5, 0.6) is 0 Å². The molecule has 0 aliphatic rings. The van der Waals surface area contributed by atoms with Crippen molar-refractivity contribution in [1.29, 1.82) is 0 Å². The van der Waals surface area contributed by atoms with Crippen LogP contribution in [0.3, 0.4) is 0 Å². The molecule has 82 valence electrons. The largest absolute Gasteiger partial charge is 0.469 e. The number of ether oxygens (including phenoxy) is 1. The molecule has 0 aliphatic carbocycles. The van der Waals surface area contributed by atoms with Gasteiger partial charge in [-0.05, 0) is 22.8 Å². The highest BCUT2D eigenvalue weighted by molar-refractivity contribution is 5.86. The smallest absolute Gasteiger partial charge is 0.305 e. The van der Waals surface area contributed by atoms with Gasteiger partial charge in [-0.1, -0.05) is 42.5 Å². The SMILES string of the molecule is COC(=O)CCc1cccc2ccccc12. The first-order chi connectivity index (χ1) is 7.81. The monoisotopic (exact) mass is 214 g/mol. The molecule has 0 amide bonds. The topological polar surface area (TPSA) is 26.3 Å². The van der Waals surface area contributed by atoms with Crippen molar-refractivity contribution in [2.45, 2.75) is 12.8 Å². The predicted molar refractivity (Wildman–Crippen MR) is 64.3 cm³/mol. The Bertz CT molecular complexity index is 498. The fourth-order valence-corrected chi connectivity index (χ4v) is 1.85. The number of carbonyl (C=O) groups excluding carboxylic acids is 1. The minimum atomic E-state index is -0.159. The van der Waals surface area contributed by atoms with Gasteiger partial charge in [-0.3, -0.25) is 4.79 Å². The van der Waals surface area contributed by atoms with Crippen molar-refractivity contribution in [3.8, 4) is 0 Å². The molecule has 2 aromatic carbocycles. The van der Waals surface area contributed by atoms with Crippen LogP contribution in [0.15, 0.2) is 42.5 Å². The van der Waals surface area contributed by atoms with Crippen LogP contribution in [0.1, 0.15) is 12.0 Å². The maximum atomic E-state index is 11.1. The van der Waals surface area contributed by atoms with Crippen LogP contribution in [0.25, 0.3) is 10.8 Å². The molecule has 0 unspecified atom stereocenters. The molecule has 0 N–H and O–H groups in total. The van der Waals surface area contributed by atoms with Crippen molar-refractivity contribution in [3.63, 3.8) is 0 Å². The Balaban J connectivity index is 2.27. The summed E-state index contributed by atoms with van der Waals surface area (Å²) in [6.45, 7) is 0. The Morgan fingerprint density at radius 1 is 1.12 bits per heavy atom. The van der Waals surface area contributed by atoms with Crippen molar-refractivity contribution >= 4 is 16.7 Å². The molecule has 0 aliphatic heterocycles. The minimum Gasteiger partial charge on any atom is -0.469 e. The molecule has 0 fully saturated rings. The molecular formula is C14H14O2. The van der Waals surface area contributed by atoms with E-state index in [1.54, 1.807) is 0 Å². The van der Waals surface area contributed by atoms with E-state index in [0.29, 0.717) is 6.42 Å². The molecule has 0 aromatic heterocycles. The van der Waals surface area contributed by atoms with E-state index in [9.17, 15) is 4.79 Å². The summed E-state index contributed by atoms with van der Waals surface area (Å²) in [6, 6.07) is 14.4. The van der Waals surface area contributed by atoms with Crippen molar-refractivity contribution in [1.82, 2.24) is 0 Å². The Morgan fingerprint density at radius 3 is 2.69 bits per heavy atom. The van der Waals surface area contributed by atoms with Crippen LogP contribution in [0, 0.1) is 0 Å². The number of esters is 1. The zero-order chi connectivity index (χ0) is 11.4. The molecule has 0 saturated carbocycles. The van der Waals surface area contributed by atoms with E-state index in [-0.39, 0.29) is 5.97 Å². The van der Waals surface area contributed by atoms with Gasteiger partial charge in [0, 0.05) is 6.42 Å². The van der Waals surface area contributed by atoms with Crippen LogP contribution in [-0.4, -0.2) is 13.1 Å². The van der Waals surface area contributed by atoms with E-state index >= 15 is 0 Å². The lowest BCUT2D eigenvalue weighted by molar-refractivity contribution is -0.140. The van der Waals surface area contributed by atoms with Gasteiger partial charge in [-0.15, -0.1) is 0 Å². The zero-order valence-electron chi connectivity index (χ0n) is 9.27. The fourth-order valence-electron chi connectivity index (χ4n) is 1.85. The van der Waals surface area contributed by atoms with Crippen LogP contribution in [-0.2, 0) is 16.0 Å². The summed E-state index contributed by atoms with van der Waals surface area (Å²) in [6.07, 6.45) is 1.17. The third-order valence-electron chi connectivity index (χ3n) is 2.71. The third kappa shape index (κ3) is 2.22. The summed E-state index contributed by atoms with van der Waals surface area (Å²) in [4.78, 5) is 11.1. The van der Waals surface area contributed by atoms with Gasteiger partial charge in [0.25, 0.3) is 0 Å². The highest BCUT2D eigenvalue weighted by Gasteiger charge is 2.04. The third-order valence-corrected chi connectivity index (χ3v) is 2.71. The number of benzene rings is 2. The van der Waals surface area contributed by atoms with Gasteiger partial charge in [0.1, 0.15) is 0 Å². The number of carbonyl (C=O) groups is 1. The van der Waals surface area contributed by atoms with Crippen molar-refractivity contribution in [2.24, 2.45) is 0 Å². The first-order valence-corrected chi connectivity index (χ1v) is 5.34. The molecule has 2 rings (SSSR count). The first kappa shape index (κ1) is 10.7. The normalized spacial score (nSPS) is 10.3. The predicted octanol–water partition coefficient (Wildman–Crippen LogP) is 2.95. The van der Waals surface area contributed by atoms with Crippen LogP contribution >= 0.6 is 0 Å². The second-order valence-corrected chi connectivity index (χ2v) is 3.71. The molecule has 2 nitrogen and oxygen atoms in total. The Labute approximate surface area is 94.8 Å².